The van der Waals surface area contributed by atoms with Crippen LogP contribution in [0.15, 0.2) is 83.8 Å². The molecule has 1 saturated heterocycles. The fourth-order valence-electron chi connectivity index (χ4n) is 4.59. The number of anilines is 1. The number of hydrogen-bond donors (Lipinski definition) is 1. The van der Waals surface area contributed by atoms with Gasteiger partial charge in [-0.15, -0.1) is 0 Å². The van der Waals surface area contributed by atoms with Gasteiger partial charge in [-0.3, -0.25) is 19.6 Å². The number of para-hydroxylation sites is 1. The number of aromatic amines is 1. The molecule has 1 aliphatic rings. The molecule has 2 aromatic heterocycles. The van der Waals surface area contributed by atoms with Crippen LogP contribution in [-0.2, 0) is 0 Å². The van der Waals surface area contributed by atoms with Crippen molar-refractivity contribution in [2.24, 2.45) is 0 Å². The predicted molar refractivity (Wildman–Crippen MR) is 138 cm³/mol. The molecular formula is C28H22FN5O2. The van der Waals surface area contributed by atoms with Crippen molar-refractivity contribution >= 4 is 33.7 Å². The predicted octanol–water partition coefficient (Wildman–Crippen LogP) is 4.24. The minimum absolute atomic E-state index is 0.0772. The van der Waals surface area contributed by atoms with E-state index in [0.29, 0.717) is 48.6 Å². The molecule has 8 heteroatoms. The van der Waals surface area contributed by atoms with Gasteiger partial charge < -0.3 is 9.80 Å². The number of nitrogens with zero attached hydrogens (tertiary/aromatic N) is 4. The van der Waals surface area contributed by atoms with Crippen molar-refractivity contribution in [2.75, 3.05) is 31.1 Å². The Morgan fingerprint density at radius 2 is 1.61 bits per heavy atom. The molecule has 1 fully saturated rings. The van der Waals surface area contributed by atoms with Gasteiger partial charge in [0.1, 0.15) is 5.82 Å². The highest BCUT2D eigenvalue weighted by Crippen LogP contribution is 2.25. The van der Waals surface area contributed by atoms with E-state index in [1.165, 1.54) is 12.1 Å². The Morgan fingerprint density at radius 3 is 2.42 bits per heavy atom. The largest absolute Gasteiger partial charge is 0.339 e. The second-order valence-corrected chi connectivity index (χ2v) is 8.82. The minimum Gasteiger partial charge on any atom is -0.339 e. The van der Waals surface area contributed by atoms with Crippen LogP contribution in [-0.4, -0.2) is 51.9 Å². The number of carbonyl (C=O) groups is 1. The summed E-state index contributed by atoms with van der Waals surface area (Å²) in [6, 6.07) is 21.2. The highest BCUT2D eigenvalue weighted by atomic mass is 19.1. The lowest BCUT2D eigenvalue weighted by Gasteiger charge is -2.35. The number of H-pyrrole nitrogens is 1. The van der Waals surface area contributed by atoms with Crippen LogP contribution >= 0.6 is 0 Å². The van der Waals surface area contributed by atoms with Crippen LogP contribution < -0.4 is 10.5 Å². The summed E-state index contributed by atoms with van der Waals surface area (Å²) in [6.07, 6.45) is 1.61. The Balaban J connectivity index is 1.17. The smallest absolute Gasteiger partial charge is 0.260 e. The van der Waals surface area contributed by atoms with E-state index >= 15 is 0 Å². The van der Waals surface area contributed by atoms with E-state index in [9.17, 15) is 14.0 Å². The Hall–Kier alpha value is -4.59. The number of carbonyl (C=O) groups excluding carboxylic acids is 1. The molecule has 7 nitrogen and oxygen atoms in total. The van der Waals surface area contributed by atoms with Gasteiger partial charge in [0.05, 0.1) is 22.0 Å². The first-order valence-electron chi connectivity index (χ1n) is 11.7. The maximum atomic E-state index is 13.2. The van der Waals surface area contributed by atoms with Crippen LogP contribution in [0.3, 0.4) is 0 Å². The molecule has 1 aliphatic heterocycles. The molecule has 178 valence electrons. The van der Waals surface area contributed by atoms with Crippen molar-refractivity contribution < 1.29 is 9.18 Å². The van der Waals surface area contributed by atoms with Gasteiger partial charge in [-0.2, -0.15) is 0 Å². The SMILES string of the molecule is O=C(c1cnc2cc(-c3ccc(F)cc3)ccc2c1)N1CCN(c2nc3ccccc3c(=O)[nH]2)CC1. The molecule has 6 rings (SSSR count). The summed E-state index contributed by atoms with van der Waals surface area (Å²) in [6.45, 7) is 2.15. The fourth-order valence-corrected chi connectivity index (χ4v) is 4.59. The third-order valence-corrected chi connectivity index (χ3v) is 6.58. The molecule has 3 aromatic carbocycles. The van der Waals surface area contributed by atoms with Crippen LogP contribution in [0.4, 0.5) is 10.3 Å². The van der Waals surface area contributed by atoms with Crippen LogP contribution in [0.1, 0.15) is 10.4 Å². The fraction of sp³-hybridized carbons (Fsp3) is 0.143. The number of aromatic nitrogens is 3. The van der Waals surface area contributed by atoms with Gasteiger partial charge in [0.15, 0.2) is 0 Å². The second kappa shape index (κ2) is 8.88. The first-order valence-corrected chi connectivity index (χ1v) is 11.7. The maximum Gasteiger partial charge on any atom is 0.260 e. The van der Waals surface area contributed by atoms with Crippen molar-refractivity contribution in [1.29, 1.82) is 0 Å². The molecule has 0 radical (unpaired) electrons. The van der Waals surface area contributed by atoms with E-state index in [0.717, 1.165) is 22.0 Å². The number of halogens is 1. The highest BCUT2D eigenvalue weighted by molar-refractivity contribution is 5.98. The molecule has 0 saturated carbocycles. The van der Waals surface area contributed by atoms with E-state index < -0.39 is 0 Å². The van der Waals surface area contributed by atoms with Gasteiger partial charge in [0.2, 0.25) is 5.95 Å². The summed E-state index contributed by atoms with van der Waals surface area (Å²) in [5.41, 5.74) is 3.62. The summed E-state index contributed by atoms with van der Waals surface area (Å²) in [5.74, 6) is 0.171. The highest BCUT2D eigenvalue weighted by Gasteiger charge is 2.24. The Kier molecular flexibility index (Phi) is 5.41. The Labute approximate surface area is 205 Å². The standard InChI is InChI=1S/C28H22FN5O2/c29-22-9-7-18(8-10-22)19-5-6-20-15-21(17-30-25(20)16-19)27(36)33-11-13-34(14-12-33)28-31-24-4-2-1-3-23(24)26(35)32-28/h1-10,15-17H,11-14H2,(H,31,32,35). The van der Waals surface area contributed by atoms with Gasteiger partial charge >= 0.3 is 0 Å². The topological polar surface area (TPSA) is 82.2 Å². The summed E-state index contributed by atoms with van der Waals surface area (Å²) >= 11 is 0. The van der Waals surface area contributed by atoms with E-state index in [2.05, 4.69) is 15.0 Å². The number of rotatable bonds is 3. The lowest BCUT2D eigenvalue weighted by molar-refractivity contribution is 0.0746. The molecule has 0 bridgehead atoms. The number of fused-ring (bicyclic) bond motifs is 2. The molecule has 3 heterocycles. The number of amides is 1. The molecule has 0 spiro atoms. The molecule has 0 atom stereocenters. The third-order valence-electron chi connectivity index (χ3n) is 6.58. The molecule has 0 aliphatic carbocycles. The average molecular weight is 480 g/mol. The van der Waals surface area contributed by atoms with Gasteiger partial charge in [0.25, 0.3) is 11.5 Å². The summed E-state index contributed by atoms with van der Waals surface area (Å²) in [4.78, 5) is 41.4. The van der Waals surface area contributed by atoms with Gasteiger partial charge in [-0.05, 0) is 47.5 Å². The summed E-state index contributed by atoms with van der Waals surface area (Å²) in [5, 5.41) is 1.42. The number of nitrogens with one attached hydrogen (secondary N) is 1. The van der Waals surface area contributed by atoms with Crippen molar-refractivity contribution in [1.82, 2.24) is 19.9 Å². The second-order valence-electron chi connectivity index (χ2n) is 8.82. The van der Waals surface area contributed by atoms with E-state index in [-0.39, 0.29) is 17.3 Å². The Morgan fingerprint density at radius 1 is 0.861 bits per heavy atom. The van der Waals surface area contributed by atoms with Crippen molar-refractivity contribution in [2.45, 2.75) is 0 Å². The van der Waals surface area contributed by atoms with Gasteiger partial charge in [-0.25, -0.2) is 9.37 Å². The summed E-state index contributed by atoms with van der Waals surface area (Å²) < 4.78 is 13.2. The lowest BCUT2D eigenvalue weighted by Crippen LogP contribution is -2.49. The van der Waals surface area contributed by atoms with E-state index in [1.807, 2.05) is 47.4 Å². The number of pyridine rings is 1. The number of hydrogen-bond acceptors (Lipinski definition) is 5. The average Bonchev–Trinajstić information content (AvgIpc) is 2.92. The molecule has 1 amide bonds. The van der Waals surface area contributed by atoms with E-state index in [4.69, 9.17) is 0 Å². The van der Waals surface area contributed by atoms with Crippen LogP contribution in [0.5, 0.6) is 0 Å². The van der Waals surface area contributed by atoms with Gasteiger partial charge in [0, 0.05) is 37.8 Å². The molecule has 5 aromatic rings. The molecule has 1 N–H and O–H groups in total. The van der Waals surface area contributed by atoms with Crippen molar-refractivity contribution in [3.63, 3.8) is 0 Å². The first kappa shape index (κ1) is 21.9. The Bertz CT molecular complexity index is 1660. The number of piperazine rings is 1. The first-order chi connectivity index (χ1) is 17.5. The van der Waals surface area contributed by atoms with Crippen LogP contribution in [0.2, 0.25) is 0 Å². The van der Waals surface area contributed by atoms with Crippen LogP contribution in [0.25, 0.3) is 32.9 Å². The zero-order valence-electron chi connectivity index (χ0n) is 19.3. The molecular weight excluding hydrogens is 457 g/mol. The lowest BCUT2D eigenvalue weighted by atomic mass is 10.0. The van der Waals surface area contributed by atoms with Crippen molar-refractivity contribution in [3.8, 4) is 11.1 Å². The maximum absolute atomic E-state index is 13.2. The molecule has 36 heavy (non-hydrogen) atoms. The summed E-state index contributed by atoms with van der Waals surface area (Å²) in [7, 11) is 0. The zero-order chi connectivity index (χ0) is 24.6. The van der Waals surface area contributed by atoms with Crippen molar-refractivity contribution in [3.05, 3.63) is 101 Å². The minimum atomic E-state index is -0.275. The molecule has 0 unspecified atom stereocenters. The number of benzene rings is 3. The van der Waals surface area contributed by atoms with Crippen LogP contribution in [0, 0.1) is 5.82 Å². The zero-order valence-corrected chi connectivity index (χ0v) is 19.3. The normalized spacial score (nSPS) is 13.9. The third kappa shape index (κ3) is 4.07. The van der Waals surface area contributed by atoms with E-state index in [1.54, 1.807) is 29.3 Å². The monoisotopic (exact) mass is 479 g/mol. The quantitative estimate of drug-likeness (QED) is 0.419. The van der Waals surface area contributed by atoms with Gasteiger partial charge in [-0.1, -0.05) is 36.4 Å².